The van der Waals surface area contributed by atoms with Crippen LogP contribution in [-0.4, -0.2) is 7.05 Å². The zero-order valence-corrected chi connectivity index (χ0v) is 11.6. The predicted octanol–water partition coefficient (Wildman–Crippen LogP) is 3.81. The van der Waals surface area contributed by atoms with Gasteiger partial charge in [0.1, 0.15) is 5.82 Å². The molecule has 2 nitrogen and oxygen atoms in total. The van der Waals surface area contributed by atoms with Crippen LogP contribution in [0.15, 0.2) is 46.9 Å². The zero-order valence-electron chi connectivity index (χ0n) is 10.0. The molecule has 2 aromatic carbocycles. The fourth-order valence-electron chi connectivity index (χ4n) is 1.83. The van der Waals surface area contributed by atoms with Crippen LogP contribution in [0, 0.1) is 5.82 Å². The molecule has 0 saturated carbocycles. The summed E-state index contributed by atoms with van der Waals surface area (Å²) in [6, 6.07) is 12.4. The van der Waals surface area contributed by atoms with Crippen molar-refractivity contribution in [2.75, 3.05) is 17.7 Å². The van der Waals surface area contributed by atoms with Crippen LogP contribution < -0.4 is 10.6 Å². The van der Waals surface area contributed by atoms with Crippen LogP contribution in [0.2, 0.25) is 0 Å². The van der Waals surface area contributed by atoms with Crippen LogP contribution in [-0.2, 0) is 6.54 Å². The van der Waals surface area contributed by atoms with Gasteiger partial charge in [-0.2, -0.15) is 0 Å². The molecule has 18 heavy (non-hydrogen) atoms. The van der Waals surface area contributed by atoms with E-state index >= 15 is 0 Å². The molecule has 0 saturated heterocycles. The van der Waals surface area contributed by atoms with Gasteiger partial charge in [0.25, 0.3) is 0 Å². The summed E-state index contributed by atoms with van der Waals surface area (Å²) < 4.78 is 14.6. The Kier molecular flexibility index (Phi) is 3.87. The third-order valence-corrected chi connectivity index (χ3v) is 3.56. The Balaban J connectivity index is 2.27. The lowest BCUT2D eigenvalue weighted by Gasteiger charge is -2.21. The Morgan fingerprint density at radius 1 is 1.17 bits per heavy atom. The summed E-state index contributed by atoms with van der Waals surface area (Å²) in [5, 5.41) is 0. The van der Waals surface area contributed by atoms with E-state index in [9.17, 15) is 4.39 Å². The second kappa shape index (κ2) is 5.40. The van der Waals surface area contributed by atoms with Crippen molar-refractivity contribution in [1.29, 1.82) is 0 Å². The minimum atomic E-state index is -0.231. The number of hydrogen-bond donors (Lipinski definition) is 1. The van der Waals surface area contributed by atoms with E-state index in [1.807, 2.05) is 36.2 Å². The van der Waals surface area contributed by atoms with Gasteiger partial charge < -0.3 is 10.6 Å². The van der Waals surface area contributed by atoms with E-state index in [4.69, 9.17) is 5.73 Å². The van der Waals surface area contributed by atoms with Crippen molar-refractivity contribution in [1.82, 2.24) is 0 Å². The van der Waals surface area contributed by atoms with Gasteiger partial charge in [-0.25, -0.2) is 4.39 Å². The maximum Gasteiger partial charge on any atom is 0.146 e. The molecule has 4 heteroatoms. The molecule has 0 unspecified atom stereocenters. The van der Waals surface area contributed by atoms with Gasteiger partial charge in [0, 0.05) is 29.3 Å². The third-order valence-electron chi connectivity index (χ3n) is 2.81. The van der Waals surface area contributed by atoms with Crippen LogP contribution in [0.5, 0.6) is 0 Å². The third kappa shape index (κ3) is 2.64. The summed E-state index contributed by atoms with van der Waals surface area (Å²) >= 11 is 3.47. The molecule has 0 aliphatic rings. The lowest BCUT2D eigenvalue weighted by molar-refractivity contribution is 0.622. The summed E-state index contributed by atoms with van der Waals surface area (Å²) in [7, 11) is 1.84. The van der Waals surface area contributed by atoms with Gasteiger partial charge in [0.05, 0.1) is 5.69 Å². The van der Waals surface area contributed by atoms with Gasteiger partial charge in [-0.3, -0.25) is 0 Å². The van der Waals surface area contributed by atoms with E-state index in [-0.39, 0.29) is 5.82 Å². The first-order valence-corrected chi connectivity index (χ1v) is 6.37. The van der Waals surface area contributed by atoms with Gasteiger partial charge in [-0.1, -0.05) is 34.1 Å². The molecule has 0 aromatic heterocycles. The van der Waals surface area contributed by atoms with Crippen LogP contribution in [0.3, 0.4) is 0 Å². The number of hydrogen-bond acceptors (Lipinski definition) is 2. The summed E-state index contributed by atoms with van der Waals surface area (Å²) in [4.78, 5) is 1.84. The predicted molar refractivity (Wildman–Crippen MR) is 77.1 cm³/mol. The highest BCUT2D eigenvalue weighted by Gasteiger charge is 2.10. The number of benzene rings is 2. The van der Waals surface area contributed by atoms with Crippen molar-refractivity contribution in [3.8, 4) is 0 Å². The first kappa shape index (κ1) is 12.9. The second-order valence-electron chi connectivity index (χ2n) is 4.12. The van der Waals surface area contributed by atoms with Crippen LogP contribution in [0.4, 0.5) is 15.8 Å². The molecule has 2 N–H and O–H groups in total. The molecule has 0 spiro atoms. The van der Waals surface area contributed by atoms with Gasteiger partial charge in [-0.15, -0.1) is 0 Å². The number of nitrogens with zero attached hydrogens (tertiary/aromatic N) is 1. The van der Waals surface area contributed by atoms with Crippen molar-refractivity contribution < 1.29 is 4.39 Å². The molecular weight excluding hydrogens is 295 g/mol. The van der Waals surface area contributed by atoms with E-state index in [2.05, 4.69) is 15.9 Å². The Morgan fingerprint density at radius 2 is 1.89 bits per heavy atom. The highest BCUT2D eigenvalue weighted by atomic mass is 79.9. The normalized spacial score (nSPS) is 10.4. The standard InChI is InChI=1S/C14H14BrFN2/c1-18(14-8-3-2-6-12(14)16)9-10-11(15)5-4-7-13(10)17/h2-8H,9,17H2,1H3. The topological polar surface area (TPSA) is 29.3 Å². The number of nitrogens with two attached hydrogens (primary N) is 1. The number of nitrogen functional groups attached to an aromatic ring is 1. The molecule has 0 fully saturated rings. The lowest BCUT2D eigenvalue weighted by Crippen LogP contribution is -2.18. The quantitative estimate of drug-likeness (QED) is 0.874. The van der Waals surface area contributed by atoms with E-state index in [1.54, 1.807) is 12.1 Å². The van der Waals surface area contributed by atoms with Crippen molar-refractivity contribution in [2.24, 2.45) is 0 Å². The Morgan fingerprint density at radius 3 is 2.56 bits per heavy atom. The summed E-state index contributed by atoms with van der Waals surface area (Å²) in [6.45, 7) is 0.550. The number of halogens is 2. The molecule has 0 bridgehead atoms. The van der Waals surface area contributed by atoms with Crippen LogP contribution >= 0.6 is 15.9 Å². The smallest absolute Gasteiger partial charge is 0.146 e. The molecule has 0 atom stereocenters. The van der Waals surface area contributed by atoms with Crippen molar-refractivity contribution >= 4 is 27.3 Å². The largest absolute Gasteiger partial charge is 0.398 e. The minimum Gasteiger partial charge on any atom is -0.398 e. The average Bonchev–Trinajstić information content (AvgIpc) is 2.34. The van der Waals surface area contributed by atoms with Crippen molar-refractivity contribution in [3.05, 3.63) is 58.3 Å². The molecule has 94 valence electrons. The molecule has 0 aliphatic heterocycles. The highest BCUT2D eigenvalue weighted by molar-refractivity contribution is 9.10. The maximum absolute atomic E-state index is 13.7. The van der Waals surface area contributed by atoms with Crippen molar-refractivity contribution in [2.45, 2.75) is 6.54 Å². The second-order valence-corrected chi connectivity index (χ2v) is 4.97. The first-order chi connectivity index (χ1) is 8.59. The molecular formula is C14H14BrFN2. The van der Waals surface area contributed by atoms with Gasteiger partial charge in [0.2, 0.25) is 0 Å². The fraction of sp³-hybridized carbons (Fsp3) is 0.143. The molecule has 0 aliphatic carbocycles. The number of anilines is 2. The average molecular weight is 309 g/mol. The Labute approximate surface area is 114 Å². The van der Waals surface area contributed by atoms with Gasteiger partial charge in [-0.05, 0) is 24.3 Å². The molecule has 0 amide bonds. The van der Waals surface area contributed by atoms with Gasteiger partial charge in [0.15, 0.2) is 0 Å². The van der Waals surface area contributed by atoms with Crippen LogP contribution in [0.1, 0.15) is 5.56 Å². The van der Waals surface area contributed by atoms with E-state index in [0.717, 1.165) is 10.0 Å². The number of para-hydroxylation sites is 1. The van der Waals surface area contributed by atoms with Gasteiger partial charge >= 0.3 is 0 Å². The molecule has 0 radical (unpaired) electrons. The first-order valence-electron chi connectivity index (χ1n) is 5.58. The van der Waals surface area contributed by atoms with Crippen LogP contribution in [0.25, 0.3) is 0 Å². The fourth-order valence-corrected chi connectivity index (χ4v) is 2.33. The summed E-state index contributed by atoms with van der Waals surface area (Å²) in [6.07, 6.45) is 0. The SMILES string of the molecule is CN(Cc1c(N)cccc1Br)c1ccccc1F. The number of rotatable bonds is 3. The Bertz CT molecular complexity index is 537. The molecule has 0 heterocycles. The summed E-state index contributed by atoms with van der Waals surface area (Å²) in [5.41, 5.74) is 8.16. The lowest BCUT2D eigenvalue weighted by atomic mass is 10.1. The highest BCUT2D eigenvalue weighted by Crippen LogP contribution is 2.26. The van der Waals surface area contributed by atoms with E-state index in [1.165, 1.54) is 6.07 Å². The Hall–Kier alpha value is -1.55. The minimum absolute atomic E-state index is 0.231. The van der Waals surface area contributed by atoms with Crippen molar-refractivity contribution in [3.63, 3.8) is 0 Å². The molecule has 2 rings (SSSR count). The maximum atomic E-state index is 13.7. The summed E-state index contributed by atoms with van der Waals surface area (Å²) in [5.74, 6) is -0.231. The molecule has 2 aromatic rings. The van der Waals surface area contributed by atoms with E-state index < -0.39 is 0 Å². The monoisotopic (exact) mass is 308 g/mol. The van der Waals surface area contributed by atoms with E-state index in [0.29, 0.717) is 17.9 Å². The zero-order chi connectivity index (χ0) is 13.1.